The molecule has 2 nitrogen and oxygen atoms in total. The summed E-state index contributed by atoms with van der Waals surface area (Å²) < 4.78 is 13.0. The first-order valence-corrected chi connectivity index (χ1v) is 6.37. The molecule has 19 heavy (non-hydrogen) atoms. The molecular weight excluding hydrogens is 241 g/mol. The zero-order chi connectivity index (χ0) is 13.2. The molecule has 0 spiro atoms. The van der Waals surface area contributed by atoms with Crippen molar-refractivity contribution in [2.45, 2.75) is 12.8 Å². The molecule has 0 unspecified atom stereocenters. The van der Waals surface area contributed by atoms with Crippen LogP contribution >= 0.6 is 0 Å². The molecule has 1 amide bonds. The zero-order valence-corrected chi connectivity index (χ0v) is 10.4. The molecule has 2 aromatic carbocycles. The largest absolute Gasteiger partial charge is 0.355 e. The second kappa shape index (κ2) is 4.84. The van der Waals surface area contributed by atoms with Crippen LogP contribution < -0.4 is 5.32 Å². The second-order valence-electron chi connectivity index (χ2n) is 4.73. The van der Waals surface area contributed by atoms with Crippen molar-refractivity contribution in [3.63, 3.8) is 0 Å². The van der Waals surface area contributed by atoms with E-state index >= 15 is 0 Å². The first-order chi connectivity index (χ1) is 9.24. The van der Waals surface area contributed by atoms with E-state index < -0.39 is 0 Å². The van der Waals surface area contributed by atoms with Crippen LogP contribution in [0.5, 0.6) is 0 Å². The fraction of sp³-hybridized carbons (Fsp3) is 0.188. The van der Waals surface area contributed by atoms with E-state index in [2.05, 4.69) is 11.4 Å². The van der Waals surface area contributed by atoms with E-state index in [1.54, 1.807) is 12.1 Å². The number of hydrogen-bond donors (Lipinski definition) is 1. The summed E-state index contributed by atoms with van der Waals surface area (Å²) in [6, 6.07) is 12.5. The number of halogens is 1. The number of hydrogen-bond acceptors (Lipinski definition) is 1. The molecule has 0 radical (unpaired) electrons. The van der Waals surface area contributed by atoms with Gasteiger partial charge in [0, 0.05) is 6.54 Å². The Balaban J connectivity index is 2.11. The molecule has 3 heteroatoms. The van der Waals surface area contributed by atoms with Crippen molar-refractivity contribution in [3.8, 4) is 11.1 Å². The molecule has 3 rings (SSSR count). The maximum atomic E-state index is 13.0. The molecule has 0 saturated carbocycles. The van der Waals surface area contributed by atoms with Gasteiger partial charge in [0.05, 0.1) is 6.42 Å². The summed E-state index contributed by atoms with van der Waals surface area (Å²) in [6.45, 7) is 0.679. The van der Waals surface area contributed by atoms with E-state index in [1.807, 2.05) is 12.1 Å². The molecular formula is C16H14FNO. The van der Waals surface area contributed by atoms with Gasteiger partial charge < -0.3 is 5.32 Å². The van der Waals surface area contributed by atoms with E-state index in [1.165, 1.54) is 17.7 Å². The van der Waals surface area contributed by atoms with Crippen LogP contribution in [0.4, 0.5) is 4.39 Å². The van der Waals surface area contributed by atoms with Crippen molar-refractivity contribution in [3.05, 3.63) is 59.4 Å². The number of carbonyl (C=O) groups excluding carboxylic acids is 1. The molecule has 0 aliphatic carbocycles. The lowest BCUT2D eigenvalue weighted by Crippen LogP contribution is -2.24. The van der Waals surface area contributed by atoms with Crippen molar-refractivity contribution in [2.24, 2.45) is 0 Å². The Hall–Kier alpha value is -2.16. The Morgan fingerprint density at radius 3 is 2.63 bits per heavy atom. The van der Waals surface area contributed by atoms with Gasteiger partial charge in [0.25, 0.3) is 0 Å². The molecule has 1 aliphatic rings. The Morgan fingerprint density at radius 2 is 1.84 bits per heavy atom. The highest BCUT2D eigenvalue weighted by Crippen LogP contribution is 2.28. The van der Waals surface area contributed by atoms with Gasteiger partial charge in [0.15, 0.2) is 0 Å². The van der Waals surface area contributed by atoms with Gasteiger partial charge >= 0.3 is 0 Å². The van der Waals surface area contributed by atoms with Gasteiger partial charge in [-0.15, -0.1) is 0 Å². The quantitative estimate of drug-likeness (QED) is 0.834. The first kappa shape index (κ1) is 11.9. The van der Waals surface area contributed by atoms with E-state index in [9.17, 15) is 9.18 Å². The minimum atomic E-state index is -0.247. The van der Waals surface area contributed by atoms with E-state index in [-0.39, 0.29) is 11.7 Å². The molecule has 2 aromatic rings. The third kappa shape index (κ3) is 2.36. The van der Waals surface area contributed by atoms with Crippen LogP contribution in [0.2, 0.25) is 0 Å². The highest BCUT2D eigenvalue weighted by atomic mass is 19.1. The summed E-state index contributed by atoms with van der Waals surface area (Å²) >= 11 is 0. The van der Waals surface area contributed by atoms with Crippen LogP contribution in [0.25, 0.3) is 11.1 Å². The topological polar surface area (TPSA) is 29.1 Å². The smallest absolute Gasteiger partial charge is 0.224 e. The standard InChI is InChI=1S/C16H14FNO/c17-13-6-4-12(5-7-13)14-3-1-2-11-8-9-18-16(19)10-15(11)14/h1-7H,8-10H2,(H,18,19). The Labute approximate surface area is 111 Å². The lowest BCUT2D eigenvalue weighted by atomic mass is 9.92. The van der Waals surface area contributed by atoms with E-state index in [4.69, 9.17) is 0 Å². The van der Waals surface area contributed by atoms with Crippen molar-refractivity contribution in [1.82, 2.24) is 5.32 Å². The fourth-order valence-corrected chi connectivity index (χ4v) is 2.54. The van der Waals surface area contributed by atoms with Gasteiger partial charge in [-0.3, -0.25) is 4.79 Å². The van der Waals surface area contributed by atoms with Crippen LogP contribution in [0, 0.1) is 5.82 Å². The van der Waals surface area contributed by atoms with Crippen molar-refractivity contribution in [2.75, 3.05) is 6.54 Å². The van der Waals surface area contributed by atoms with Gasteiger partial charge in [-0.2, -0.15) is 0 Å². The summed E-state index contributed by atoms with van der Waals surface area (Å²) in [6.07, 6.45) is 1.24. The average Bonchev–Trinajstić information content (AvgIpc) is 2.60. The molecule has 0 fully saturated rings. The molecule has 0 saturated heterocycles. The summed E-state index contributed by atoms with van der Waals surface area (Å²) in [4.78, 5) is 11.7. The minimum absolute atomic E-state index is 0.0494. The predicted octanol–water partition coefficient (Wildman–Crippen LogP) is 2.71. The molecule has 1 heterocycles. The van der Waals surface area contributed by atoms with Crippen LogP contribution in [0.3, 0.4) is 0 Å². The lowest BCUT2D eigenvalue weighted by Gasteiger charge is -2.11. The number of amides is 1. The van der Waals surface area contributed by atoms with Crippen molar-refractivity contribution in [1.29, 1.82) is 0 Å². The molecule has 1 aliphatic heterocycles. The van der Waals surface area contributed by atoms with Crippen LogP contribution in [0.1, 0.15) is 11.1 Å². The SMILES string of the molecule is O=C1Cc2c(cccc2-c2ccc(F)cc2)CCN1. The molecule has 96 valence electrons. The molecule has 0 bridgehead atoms. The number of nitrogens with one attached hydrogen (secondary N) is 1. The van der Waals surface area contributed by atoms with Gasteiger partial charge in [0.2, 0.25) is 5.91 Å². The number of fused-ring (bicyclic) bond motifs is 1. The van der Waals surface area contributed by atoms with E-state index in [0.717, 1.165) is 23.1 Å². The normalized spacial score (nSPS) is 14.5. The summed E-state index contributed by atoms with van der Waals surface area (Å²) in [5, 5.41) is 2.88. The summed E-state index contributed by atoms with van der Waals surface area (Å²) in [5.74, 6) is -0.197. The number of rotatable bonds is 1. The third-order valence-electron chi connectivity index (χ3n) is 3.48. The van der Waals surface area contributed by atoms with Crippen molar-refractivity contribution < 1.29 is 9.18 Å². The monoisotopic (exact) mass is 255 g/mol. The highest BCUT2D eigenvalue weighted by molar-refractivity contribution is 5.83. The minimum Gasteiger partial charge on any atom is -0.355 e. The van der Waals surface area contributed by atoms with E-state index in [0.29, 0.717) is 13.0 Å². The Kier molecular flexibility index (Phi) is 3.03. The highest BCUT2D eigenvalue weighted by Gasteiger charge is 2.16. The number of benzene rings is 2. The molecule has 1 N–H and O–H groups in total. The first-order valence-electron chi connectivity index (χ1n) is 6.37. The van der Waals surface area contributed by atoms with Crippen LogP contribution in [0.15, 0.2) is 42.5 Å². The summed E-state index contributed by atoms with van der Waals surface area (Å²) in [5.41, 5.74) is 4.23. The second-order valence-corrected chi connectivity index (χ2v) is 4.73. The number of carbonyl (C=O) groups is 1. The maximum absolute atomic E-state index is 13.0. The fourth-order valence-electron chi connectivity index (χ4n) is 2.54. The maximum Gasteiger partial charge on any atom is 0.224 e. The van der Waals surface area contributed by atoms with Crippen LogP contribution in [-0.4, -0.2) is 12.5 Å². The third-order valence-corrected chi connectivity index (χ3v) is 3.48. The summed E-state index contributed by atoms with van der Waals surface area (Å²) in [7, 11) is 0. The lowest BCUT2D eigenvalue weighted by molar-refractivity contribution is -0.120. The Morgan fingerprint density at radius 1 is 1.05 bits per heavy atom. The molecule has 0 aromatic heterocycles. The predicted molar refractivity (Wildman–Crippen MR) is 72.3 cm³/mol. The van der Waals surface area contributed by atoms with Gasteiger partial charge in [-0.25, -0.2) is 4.39 Å². The van der Waals surface area contributed by atoms with Crippen molar-refractivity contribution >= 4 is 5.91 Å². The van der Waals surface area contributed by atoms with Gasteiger partial charge in [-0.1, -0.05) is 30.3 Å². The molecule has 0 atom stereocenters. The Bertz CT molecular complexity index is 619. The average molecular weight is 255 g/mol. The van der Waals surface area contributed by atoms with Crippen LogP contribution in [-0.2, 0) is 17.6 Å². The van der Waals surface area contributed by atoms with Gasteiger partial charge in [0.1, 0.15) is 5.82 Å². The zero-order valence-electron chi connectivity index (χ0n) is 10.4. The van der Waals surface area contributed by atoms with Gasteiger partial charge in [-0.05, 0) is 40.8 Å².